The molecule has 1 aromatic carbocycles. The zero-order valence-electron chi connectivity index (χ0n) is 14.2. The molecule has 0 aliphatic heterocycles. The number of fused-ring (bicyclic) bond motifs is 1. The van der Waals surface area contributed by atoms with E-state index in [1.807, 2.05) is 13.8 Å². The minimum Gasteiger partial charge on any atom is -0.494 e. The summed E-state index contributed by atoms with van der Waals surface area (Å²) in [7, 11) is 1.43. The number of carbonyl (C=O) groups is 1. The van der Waals surface area contributed by atoms with Gasteiger partial charge < -0.3 is 10.1 Å². The lowest BCUT2D eigenvalue weighted by Crippen LogP contribution is -2.15. The molecule has 2 heterocycles. The van der Waals surface area contributed by atoms with E-state index in [0.29, 0.717) is 17.9 Å². The predicted octanol–water partition coefficient (Wildman–Crippen LogP) is 2.46. The first-order valence-electron chi connectivity index (χ1n) is 7.79. The molecule has 8 heteroatoms. The summed E-state index contributed by atoms with van der Waals surface area (Å²) >= 11 is 0. The standard InChI is InChI=1S/C17H18FN5O2/c1-10-13(11(2)23-17(21-10)19-9-20-23)5-7-16(24)22-14-6-4-12(18)8-15(14)25-3/h4,6,8-9H,5,7H2,1-3H3,(H,22,24). The van der Waals surface area contributed by atoms with Crippen LogP contribution in [-0.2, 0) is 11.2 Å². The number of hydrogen-bond acceptors (Lipinski definition) is 5. The molecule has 0 unspecified atom stereocenters. The average Bonchev–Trinajstić information content (AvgIpc) is 3.04. The quantitative estimate of drug-likeness (QED) is 0.770. The molecule has 0 spiro atoms. The maximum Gasteiger partial charge on any atom is 0.252 e. The summed E-state index contributed by atoms with van der Waals surface area (Å²) < 4.78 is 20.0. The zero-order chi connectivity index (χ0) is 18.0. The molecule has 1 N–H and O–H groups in total. The maximum atomic E-state index is 13.2. The lowest BCUT2D eigenvalue weighted by molar-refractivity contribution is -0.116. The number of nitrogens with one attached hydrogen (secondary N) is 1. The number of methoxy groups -OCH3 is 1. The molecule has 1 amide bonds. The Kier molecular flexibility index (Phi) is 4.60. The summed E-state index contributed by atoms with van der Waals surface area (Å²) in [6.45, 7) is 3.81. The number of halogens is 1. The number of aryl methyl sites for hydroxylation is 2. The van der Waals surface area contributed by atoms with Gasteiger partial charge in [0.1, 0.15) is 17.9 Å². The van der Waals surface area contributed by atoms with Gasteiger partial charge in [0, 0.05) is 23.9 Å². The van der Waals surface area contributed by atoms with E-state index in [1.54, 1.807) is 4.52 Å². The van der Waals surface area contributed by atoms with Gasteiger partial charge in [-0.15, -0.1) is 0 Å². The molecule has 0 aliphatic rings. The Morgan fingerprint density at radius 2 is 2.16 bits per heavy atom. The van der Waals surface area contributed by atoms with Gasteiger partial charge in [0.15, 0.2) is 0 Å². The molecule has 0 saturated heterocycles. The van der Waals surface area contributed by atoms with Crippen LogP contribution in [0.25, 0.3) is 5.78 Å². The lowest BCUT2D eigenvalue weighted by atomic mass is 10.1. The Bertz CT molecular complexity index is 938. The van der Waals surface area contributed by atoms with Crippen molar-refractivity contribution in [3.63, 3.8) is 0 Å². The molecule has 25 heavy (non-hydrogen) atoms. The Labute approximate surface area is 143 Å². The molecule has 2 aromatic heterocycles. The normalized spacial score (nSPS) is 10.9. The maximum absolute atomic E-state index is 13.2. The third-order valence-electron chi connectivity index (χ3n) is 4.03. The van der Waals surface area contributed by atoms with Crippen molar-refractivity contribution in [2.24, 2.45) is 0 Å². The fourth-order valence-corrected chi connectivity index (χ4v) is 2.74. The minimum atomic E-state index is -0.423. The first-order chi connectivity index (χ1) is 12.0. The number of hydrogen-bond donors (Lipinski definition) is 1. The van der Waals surface area contributed by atoms with Crippen LogP contribution in [0.5, 0.6) is 5.75 Å². The Hall–Kier alpha value is -3.03. The van der Waals surface area contributed by atoms with Crippen molar-refractivity contribution in [2.75, 3.05) is 12.4 Å². The highest BCUT2D eigenvalue weighted by molar-refractivity contribution is 5.92. The van der Waals surface area contributed by atoms with E-state index in [0.717, 1.165) is 17.0 Å². The van der Waals surface area contributed by atoms with E-state index in [1.165, 1.54) is 31.6 Å². The molecule has 0 bridgehead atoms. The summed E-state index contributed by atoms with van der Waals surface area (Å²) in [5.41, 5.74) is 3.13. The van der Waals surface area contributed by atoms with Crippen LogP contribution in [0.1, 0.15) is 23.4 Å². The van der Waals surface area contributed by atoms with Crippen LogP contribution in [0.4, 0.5) is 10.1 Å². The van der Waals surface area contributed by atoms with Crippen molar-refractivity contribution in [3.05, 3.63) is 47.3 Å². The van der Waals surface area contributed by atoms with Crippen molar-refractivity contribution in [3.8, 4) is 5.75 Å². The summed E-state index contributed by atoms with van der Waals surface area (Å²) in [5, 5.41) is 6.88. The second-order valence-corrected chi connectivity index (χ2v) is 5.63. The van der Waals surface area contributed by atoms with Crippen LogP contribution in [0.15, 0.2) is 24.5 Å². The largest absolute Gasteiger partial charge is 0.494 e. The van der Waals surface area contributed by atoms with Gasteiger partial charge in [0.05, 0.1) is 12.8 Å². The number of aromatic nitrogens is 4. The van der Waals surface area contributed by atoms with E-state index in [-0.39, 0.29) is 18.1 Å². The average molecular weight is 343 g/mol. The number of nitrogens with zero attached hydrogens (tertiary/aromatic N) is 4. The van der Waals surface area contributed by atoms with Crippen molar-refractivity contribution < 1.29 is 13.9 Å². The first kappa shape index (κ1) is 16.8. The Balaban J connectivity index is 1.73. The van der Waals surface area contributed by atoms with Crippen molar-refractivity contribution >= 4 is 17.4 Å². The van der Waals surface area contributed by atoms with Crippen molar-refractivity contribution in [2.45, 2.75) is 26.7 Å². The molecule has 3 rings (SSSR count). The molecule has 0 aliphatic carbocycles. The van der Waals surface area contributed by atoms with Gasteiger partial charge in [-0.3, -0.25) is 4.79 Å². The Morgan fingerprint density at radius 1 is 1.36 bits per heavy atom. The monoisotopic (exact) mass is 343 g/mol. The topological polar surface area (TPSA) is 81.4 Å². The summed E-state index contributed by atoms with van der Waals surface area (Å²) in [4.78, 5) is 20.7. The first-order valence-corrected chi connectivity index (χ1v) is 7.79. The van der Waals surface area contributed by atoms with Crippen LogP contribution >= 0.6 is 0 Å². The highest BCUT2D eigenvalue weighted by Gasteiger charge is 2.14. The van der Waals surface area contributed by atoms with E-state index in [2.05, 4.69) is 20.4 Å². The summed E-state index contributed by atoms with van der Waals surface area (Å²) in [5.74, 6) is 0.210. The molecule has 0 radical (unpaired) electrons. The van der Waals surface area contributed by atoms with Gasteiger partial charge >= 0.3 is 0 Å². The van der Waals surface area contributed by atoms with Crippen LogP contribution in [0, 0.1) is 19.7 Å². The highest BCUT2D eigenvalue weighted by Crippen LogP contribution is 2.25. The number of rotatable bonds is 5. The van der Waals surface area contributed by atoms with Gasteiger partial charge in [-0.05, 0) is 38.0 Å². The van der Waals surface area contributed by atoms with E-state index in [4.69, 9.17) is 4.74 Å². The SMILES string of the molecule is COc1cc(F)ccc1NC(=O)CCc1c(C)nc2ncnn2c1C. The third kappa shape index (κ3) is 3.42. The number of carbonyl (C=O) groups excluding carboxylic acids is 1. The van der Waals surface area contributed by atoms with Crippen molar-refractivity contribution in [1.29, 1.82) is 0 Å². The zero-order valence-corrected chi connectivity index (χ0v) is 14.2. The lowest BCUT2D eigenvalue weighted by Gasteiger charge is -2.12. The number of ether oxygens (including phenoxy) is 1. The molecule has 0 saturated carbocycles. The number of amides is 1. The molecule has 0 fully saturated rings. The Morgan fingerprint density at radius 3 is 2.92 bits per heavy atom. The van der Waals surface area contributed by atoms with Gasteiger partial charge in [0.25, 0.3) is 5.78 Å². The van der Waals surface area contributed by atoms with E-state index >= 15 is 0 Å². The summed E-state index contributed by atoms with van der Waals surface area (Å²) in [6, 6.07) is 3.98. The van der Waals surface area contributed by atoms with Crippen LogP contribution < -0.4 is 10.1 Å². The van der Waals surface area contributed by atoms with Crippen molar-refractivity contribution in [1.82, 2.24) is 19.6 Å². The van der Waals surface area contributed by atoms with E-state index in [9.17, 15) is 9.18 Å². The fourth-order valence-electron chi connectivity index (χ4n) is 2.74. The fraction of sp³-hybridized carbons (Fsp3) is 0.294. The minimum absolute atomic E-state index is 0.192. The number of anilines is 1. The van der Waals surface area contributed by atoms with E-state index < -0.39 is 5.82 Å². The molecule has 7 nitrogen and oxygen atoms in total. The van der Waals surface area contributed by atoms with Gasteiger partial charge in [-0.2, -0.15) is 10.1 Å². The smallest absolute Gasteiger partial charge is 0.252 e. The second-order valence-electron chi connectivity index (χ2n) is 5.63. The van der Waals surface area contributed by atoms with Gasteiger partial charge in [0.2, 0.25) is 5.91 Å². The molecule has 0 atom stereocenters. The second kappa shape index (κ2) is 6.84. The molecular formula is C17H18FN5O2. The highest BCUT2D eigenvalue weighted by atomic mass is 19.1. The van der Waals surface area contributed by atoms with Gasteiger partial charge in [-0.1, -0.05) is 0 Å². The van der Waals surface area contributed by atoms with Gasteiger partial charge in [-0.25, -0.2) is 13.9 Å². The van der Waals surface area contributed by atoms with Crippen LogP contribution in [-0.4, -0.2) is 32.6 Å². The third-order valence-corrected chi connectivity index (χ3v) is 4.03. The molecular weight excluding hydrogens is 325 g/mol. The van der Waals surface area contributed by atoms with Crippen LogP contribution in [0.2, 0.25) is 0 Å². The summed E-state index contributed by atoms with van der Waals surface area (Å²) in [6.07, 6.45) is 2.21. The molecule has 3 aromatic rings. The van der Waals surface area contributed by atoms with Crippen LogP contribution in [0.3, 0.4) is 0 Å². The molecule has 130 valence electrons. The predicted molar refractivity (Wildman–Crippen MR) is 90.2 cm³/mol. The number of benzene rings is 1.